The number of nitrogens with zero attached hydrogens (tertiary/aromatic N) is 2. The van der Waals surface area contributed by atoms with Crippen molar-refractivity contribution in [1.29, 1.82) is 0 Å². The molecule has 106 valence electrons. The zero-order chi connectivity index (χ0) is 13.1. The Bertz CT molecular complexity index is 412. The summed E-state index contributed by atoms with van der Waals surface area (Å²) in [7, 11) is 0. The maximum absolute atomic E-state index is 5.71. The van der Waals surface area contributed by atoms with Crippen LogP contribution in [0.1, 0.15) is 44.0 Å². The van der Waals surface area contributed by atoms with E-state index in [1.807, 2.05) is 11.8 Å². The van der Waals surface area contributed by atoms with Crippen LogP contribution in [0.4, 0.5) is 0 Å². The van der Waals surface area contributed by atoms with Gasteiger partial charge in [-0.25, -0.2) is 0 Å². The van der Waals surface area contributed by atoms with Gasteiger partial charge in [0.2, 0.25) is 11.7 Å². The Morgan fingerprint density at radius 2 is 2.47 bits per heavy atom. The number of ether oxygens (including phenoxy) is 1. The summed E-state index contributed by atoms with van der Waals surface area (Å²) < 4.78 is 11.3. The van der Waals surface area contributed by atoms with E-state index in [1.54, 1.807) is 0 Å². The van der Waals surface area contributed by atoms with Gasteiger partial charge in [-0.05, 0) is 25.8 Å². The molecule has 2 saturated heterocycles. The van der Waals surface area contributed by atoms with E-state index >= 15 is 0 Å². The fourth-order valence-electron chi connectivity index (χ4n) is 2.82. The molecule has 2 fully saturated rings. The molecule has 2 atom stereocenters. The Morgan fingerprint density at radius 3 is 3.16 bits per heavy atom. The van der Waals surface area contributed by atoms with Gasteiger partial charge in [0.05, 0.1) is 12.0 Å². The van der Waals surface area contributed by atoms with E-state index in [0.717, 1.165) is 55.8 Å². The molecular weight excluding hydrogens is 262 g/mol. The minimum atomic E-state index is 0.00158. The topological polar surface area (TPSA) is 60.2 Å². The van der Waals surface area contributed by atoms with Crippen LogP contribution in [0.5, 0.6) is 0 Å². The lowest BCUT2D eigenvalue weighted by Crippen LogP contribution is -2.43. The number of piperidine rings is 1. The van der Waals surface area contributed by atoms with Crippen LogP contribution in [-0.4, -0.2) is 41.3 Å². The summed E-state index contributed by atoms with van der Waals surface area (Å²) in [5.41, 5.74) is 0.0192. The third-order valence-electron chi connectivity index (χ3n) is 4.15. The van der Waals surface area contributed by atoms with E-state index in [1.165, 1.54) is 6.42 Å². The monoisotopic (exact) mass is 283 g/mol. The SMILES string of the molecule is CCC1(c2nc(C3CSCCO3)no2)CCCNC1. The molecule has 5 nitrogen and oxygen atoms in total. The maximum atomic E-state index is 5.71. The quantitative estimate of drug-likeness (QED) is 0.914. The van der Waals surface area contributed by atoms with Crippen LogP contribution < -0.4 is 5.32 Å². The highest BCUT2D eigenvalue weighted by molar-refractivity contribution is 7.99. The Balaban J connectivity index is 1.79. The Morgan fingerprint density at radius 1 is 1.53 bits per heavy atom. The van der Waals surface area contributed by atoms with Gasteiger partial charge in [-0.2, -0.15) is 16.7 Å². The third kappa shape index (κ3) is 2.66. The minimum absolute atomic E-state index is 0.00158. The molecule has 1 aromatic rings. The van der Waals surface area contributed by atoms with Crippen LogP contribution >= 0.6 is 11.8 Å². The van der Waals surface area contributed by atoms with Gasteiger partial charge in [0.25, 0.3) is 0 Å². The predicted octanol–water partition coefficient (Wildman–Crippen LogP) is 1.91. The van der Waals surface area contributed by atoms with Crippen LogP contribution in [0.3, 0.4) is 0 Å². The van der Waals surface area contributed by atoms with E-state index in [0.29, 0.717) is 0 Å². The van der Waals surface area contributed by atoms with Crippen LogP contribution in [-0.2, 0) is 10.2 Å². The Labute approximate surface area is 117 Å². The molecule has 1 aromatic heterocycles. The van der Waals surface area contributed by atoms with E-state index in [-0.39, 0.29) is 11.5 Å². The molecule has 0 bridgehead atoms. The molecular formula is C13H21N3O2S. The molecule has 0 spiro atoms. The van der Waals surface area contributed by atoms with Gasteiger partial charge >= 0.3 is 0 Å². The van der Waals surface area contributed by atoms with Gasteiger partial charge < -0.3 is 14.6 Å². The van der Waals surface area contributed by atoms with E-state index in [9.17, 15) is 0 Å². The van der Waals surface area contributed by atoms with Gasteiger partial charge in [-0.15, -0.1) is 0 Å². The van der Waals surface area contributed by atoms with Crippen molar-refractivity contribution in [2.45, 2.75) is 37.7 Å². The second-order valence-corrected chi connectivity index (χ2v) is 6.46. The van der Waals surface area contributed by atoms with Crippen molar-refractivity contribution < 1.29 is 9.26 Å². The van der Waals surface area contributed by atoms with Crippen molar-refractivity contribution in [2.75, 3.05) is 31.2 Å². The number of thioether (sulfide) groups is 1. The summed E-state index contributed by atoms with van der Waals surface area (Å²) >= 11 is 1.89. The number of rotatable bonds is 3. The van der Waals surface area contributed by atoms with Crippen molar-refractivity contribution in [1.82, 2.24) is 15.5 Å². The first-order valence-corrected chi connectivity index (χ1v) is 8.24. The molecule has 3 rings (SSSR count). The first kappa shape index (κ1) is 13.4. The molecule has 19 heavy (non-hydrogen) atoms. The Kier molecular flexibility index (Phi) is 4.10. The molecule has 2 aliphatic heterocycles. The summed E-state index contributed by atoms with van der Waals surface area (Å²) in [5, 5.41) is 7.61. The zero-order valence-electron chi connectivity index (χ0n) is 11.4. The number of nitrogens with one attached hydrogen (secondary N) is 1. The van der Waals surface area contributed by atoms with Crippen molar-refractivity contribution in [2.24, 2.45) is 0 Å². The fourth-order valence-corrected chi connectivity index (χ4v) is 3.66. The number of hydrogen-bond donors (Lipinski definition) is 1. The summed E-state index contributed by atoms with van der Waals surface area (Å²) in [5.74, 6) is 3.50. The van der Waals surface area contributed by atoms with E-state index in [2.05, 4.69) is 22.4 Å². The average molecular weight is 283 g/mol. The highest BCUT2D eigenvalue weighted by Crippen LogP contribution is 2.34. The van der Waals surface area contributed by atoms with Crippen LogP contribution in [0.25, 0.3) is 0 Å². The molecule has 2 aliphatic rings. The molecule has 2 unspecified atom stereocenters. The van der Waals surface area contributed by atoms with Crippen LogP contribution in [0, 0.1) is 0 Å². The largest absolute Gasteiger partial charge is 0.368 e. The van der Waals surface area contributed by atoms with Crippen LogP contribution in [0.15, 0.2) is 4.52 Å². The highest BCUT2D eigenvalue weighted by atomic mass is 32.2. The molecule has 1 N–H and O–H groups in total. The molecule has 6 heteroatoms. The molecule has 0 saturated carbocycles. The first-order chi connectivity index (χ1) is 9.34. The molecule has 0 aromatic carbocycles. The van der Waals surface area contributed by atoms with Gasteiger partial charge in [0.15, 0.2) is 0 Å². The third-order valence-corrected chi connectivity index (χ3v) is 5.14. The molecule has 0 amide bonds. The molecule has 3 heterocycles. The lowest BCUT2D eigenvalue weighted by atomic mass is 9.78. The first-order valence-electron chi connectivity index (χ1n) is 7.08. The van der Waals surface area contributed by atoms with Gasteiger partial charge in [-0.3, -0.25) is 0 Å². The van der Waals surface area contributed by atoms with Crippen LogP contribution in [0.2, 0.25) is 0 Å². The summed E-state index contributed by atoms with van der Waals surface area (Å²) in [4.78, 5) is 4.64. The summed E-state index contributed by atoms with van der Waals surface area (Å²) in [6, 6.07) is 0. The van der Waals surface area contributed by atoms with E-state index < -0.39 is 0 Å². The lowest BCUT2D eigenvalue weighted by molar-refractivity contribution is 0.0677. The highest BCUT2D eigenvalue weighted by Gasteiger charge is 2.38. The lowest BCUT2D eigenvalue weighted by Gasteiger charge is -2.33. The average Bonchev–Trinajstić information content (AvgIpc) is 2.99. The minimum Gasteiger partial charge on any atom is -0.368 e. The smallest absolute Gasteiger partial charge is 0.234 e. The fraction of sp³-hybridized carbons (Fsp3) is 0.846. The summed E-state index contributed by atoms with van der Waals surface area (Å²) in [6.45, 7) is 5.00. The predicted molar refractivity (Wildman–Crippen MR) is 74.4 cm³/mol. The number of hydrogen-bond acceptors (Lipinski definition) is 6. The molecule has 0 radical (unpaired) electrons. The summed E-state index contributed by atoms with van der Waals surface area (Å²) in [6.07, 6.45) is 3.32. The number of aromatic nitrogens is 2. The van der Waals surface area contributed by atoms with Gasteiger partial charge in [0, 0.05) is 18.1 Å². The Hall–Kier alpha value is -0.590. The van der Waals surface area contributed by atoms with Gasteiger partial charge in [-0.1, -0.05) is 12.1 Å². The maximum Gasteiger partial charge on any atom is 0.234 e. The van der Waals surface area contributed by atoms with Crippen molar-refractivity contribution in [3.05, 3.63) is 11.7 Å². The zero-order valence-corrected chi connectivity index (χ0v) is 12.2. The van der Waals surface area contributed by atoms with Gasteiger partial charge in [0.1, 0.15) is 6.10 Å². The van der Waals surface area contributed by atoms with E-state index in [4.69, 9.17) is 9.26 Å². The second-order valence-electron chi connectivity index (χ2n) is 5.31. The normalized spacial score (nSPS) is 32.4. The standard InChI is InChI=1S/C13H21N3O2S/c1-2-13(4-3-5-14-9-13)12-15-11(16-18-12)10-8-19-7-6-17-10/h10,14H,2-9H2,1H3. The second kappa shape index (κ2) is 5.81. The van der Waals surface area contributed by atoms with Crippen molar-refractivity contribution >= 4 is 11.8 Å². The van der Waals surface area contributed by atoms with Crippen molar-refractivity contribution in [3.8, 4) is 0 Å². The molecule has 0 aliphatic carbocycles. The van der Waals surface area contributed by atoms with Crippen molar-refractivity contribution in [3.63, 3.8) is 0 Å².